The zero-order valence-corrected chi connectivity index (χ0v) is 22.1. The summed E-state index contributed by atoms with van der Waals surface area (Å²) in [6, 6.07) is 1.64. The molecule has 3 heterocycles. The highest BCUT2D eigenvalue weighted by atomic mass is 127. The number of aliphatic hydroxyl groups excluding tert-OH is 2. The SMILES string of the molecule is O=P(O)(O)OC[C@H]1O[C@@H](n2cnc3c(NCc4c(O)c(I)cc(I)c4O)ncnc32)[C@H](O)[C@@H]1O. The van der Waals surface area contributed by atoms with Crippen LogP contribution in [-0.2, 0) is 20.4 Å². The van der Waals surface area contributed by atoms with Gasteiger partial charge in [0.25, 0.3) is 0 Å². The van der Waals surface area contributed by atoms with E-state index in [1.165, 1.54) is 17.2 Å². The lowest BCUT2D eigenvalue weighted by Crippen LogP contribution is -2.33. The van der Waals surface area contributed by atoms with E-state index in [0.29, 0.717) is 7.14 Å². The molecule has 1 aromatic carbocycles. The maximum absolute atomic E-state index is 10.9. The van der Waals surface area contributed by atoms with E-state index in [1.807, 2.05) is 45.2 Å². The largest absolute Gasteiger partial charge is 0.506 e. The highest BCUT2D eigenvalue weighted by Gasteiger charge is 2.45. The number of ether oxygens (including phenoxy) is 1. The maximum atomic E-state index is 10.9. The highest BCUT2D eigenvalue weighted by Crippen LogP contribution is 2.39. The number of nitrogens with zero attached hydrogens (tertiary/aromatic N) is 4. The fraction of sp³-hybridized carbons (Fsp3) is 0.353. The van der Waals surface area contributed by atoms with Gasteiger partial charge in [0, 0.05) is 6.54 Å². The monoisotopic (exact) mass is 721 g/mol. The minimum absolute atomic E-state index is 0.0204. The zero-order valence-electron chi connectivity index (χ0n) is 16.9. The number of fused-ring (bicyclic) bond motifs is 1. The second kappa shape index (κ2) is 9.94. The Bertz CT molecular complexity index is 1250. The minimum Gasteiger partial charge on any atom is -0.506 e. The third kappa shape index (κ3) is 5.09. The summed E-state index contributed by atoms with van der Waals surface area (Å²) in [5, 5.41) is 44.3. The summed E-state index contributed by atoms with van der Waals surface area (Å²) in [5.74, 6) is 0.134. The molecule has 4 rings (SSSR count). The Labute approximate surface area is 218 Å². The number of aliphatic hydroxyl groups is 2. The lowest BCUT2D eigenvalue weighted by Gasteiger charge is -2.16. The molecule has 0 amide bonds. The van der Waals surface area contributed by atoms with E-state index in [1.54, 1.807) is 6.07 Å². The van der Waals surface area contributed by atoms with Gasteiger partial charge in [-0.2, -0.15) is 0 Å². The Morgan fingerprint density at radius 2 is 1.79 bits per heavy atom. The number of halogens is 2. The lowest BCUT2D eigenvalue weighted by molar-refractivity contribution is -0.0504. The number of anilines is 1. The molecule has 4 atom stereocenters. The van der Waals surface area contributed by atoms with Gasteiger partial charge in [-0.3, -0.25) is 9.09 Å². The van der Waals surface area contributed by atoms with E-state index in [-0.39, 0.29) is 40.6 Å². The number of phenolic OH excluding ortho intramolecular Hbond substituents is 2. The first kappa shape index (κ1) is 25.7. The first-order chi connectivity index (χ1) is 16.0. The Balaban J connectivity index is 1.58. The minimum atomic E-state index is -4.79. The van der Waals surface area contributed by atoms with Crippen molar-refractivity contribution in [1.82, 2.24) is 19.5 Å². The molecule has 1 aliphatic heterocycles. The topological polar surface area (TPSA) is 213 Å². The maximum Gasteiger partial charge on any atom is 0.469 e. The average Bonchev–Trinajstić information content (AvgIpc) is 3.32. The molecule has 34 heavy (non-hydrogen) atoms. The van der Waals surface area contributed by atoms with Crippen molar-refractivity contribution in [3.05, 3.63) is 31.4 Å². The summed E-state index contributed by atoms with van der Waals surface area (Å²) < 4.78 is 23.4. The predicted molar refractivity (Wildman–Crippen MR) is 132 cm³/mol. The molecule has 14 nitrogen and oxygen atoms in total. The quantitative estimate of drug-likeness (QED) is 0.133. The van der Waals surface area contributed by atoms with Crippen LogP contribution in [0.15, 0.2) is 18.7 Å². The first-order valence-electron chi connectivity index (χ1n) is 9.49. The van der Waals surface area contributed by atoms with Crippen LogP contribution in [0, 0.1) is 7.14 Å². The summed E-state index contributed by atoms with van der Waals surface area (Å²) in [6.07, 6.45) is -2.79. The third-order valence-corrected chi connectivity index (χ3v) is 7.22. The molecule has 17 heteroatoms. The molecule has 0 spiro atoms. The number of phosphoric ester groups is 1. The number of phenols is 2. The predicted octanol–water partition coefficient (Wildman–Crippen LogP) is 0.787. The van der Waals surface area contributed by atoms with Gasteiger partial charge in [0.2, 0.25) is 0 Å². The number of hydrogen-bond acceptors (Lipinski definition) is 11. The smallest absolute Gasteiger partial charge is 0.469 e. The van der Waals surface area contributed by atoms with E-state index >= 15 is 0 Å². The number of nitrogens with one attached hydrogen (secondary N) is 1. The van der Waals surface area contributed by atoms with Gasteiger partial charge in [-0.15, -0.1) is 0 Å². The van der Waals surface area contributed by atoms with E-state index in [2.05, 4.69) is 24.8 Å². The van der Waals surface area contributed by atoms with Gasteiger partial charge in [0.15, 0.2) is 23.2 Å². The molecule has 0 aliphatic carbocycles. The van der Waals surface area contributed by atoms with E-state index in [9.17, 15) is 25.0 Å². The van der Waals surface area contributed by atoms with Crippen LogP contribution < -0.4 is 5.32 Å². The van der Waals surface area contributed by atoms with Gasteiger partial charge in [-0.05, 0) is 51.2 Å². The second-order valence-electron chi connectivity index (χ2n) is 7.25. The summed E-state index contributed by atoms with van der Waals surface area (Å²) in [7, 11) is -4.79. The Hall–Kier alpha value is -1.38. The molecule has 0 saturated carbocycles. The molecular formula is C17H18I2N5O9P. The molecule has 0 bridgehead atoms. The Kier molecular flexibility index (Phi) is 7.51. The van der Waals surface area contributed by atoms with Crippen LogP contribution in [0.2, 0.25) is 0 Å². The fourth-order valence-corrected chi connectivity index (χ4v) is 5.63. The molecular weight excluding hydrogens is 703 g/mol. The third-order valence-electron chi connectivity index (χ3n) is 5.09. The van der Waals surface area contributed by atoms with Crippen molar-refractivity contribution in [1.29, 1.82) is 0 Å². The Morgan fingerprint density at radius 1 is 1.12 bits per heavy atom. The van der Waals surface area contributed by atoms with Crippen molar-refractivity contribution in [2.75, 3.05) is 11.9 Å². The van der Waals surface area contributed by atoms with Crippen molar-refractivity contribution in [3.63, 3.8) is 0 Å². The van der Waals surface area contributed by atoms with Gasteiger partial charge < -0.3 is 40.3 Å². The van der Waals surface area contributed by atoms with Crippen LogP contribution >= 0.6 is 53.0 Å². The van der Waals surface area contributed by atoms with Crippen molar-refractivity contribution >= 4 is 70.0 Å². The van der Waals surface area contributed by atoms with E-state index < -0.39 is 39.0 Å². The molecule has 1 fully saturated rings. The zero-order chi connectivity index (χ0) is 24.8. The number of phosphoric acid groups is 1. The molecule has 1 saturated heterocycles. The number of aromatic nitrogens is 4. The fourth-order valence-electron chi connectivity index (χ4n) is 3.42. The second-order valence-corrected chi connectivity index (χ2v) is 10.8. The van der Waals surface area contributed by atoms with E-state index in [0.717, 1.165) is 0 Å². The Morgan fingerprint density at radius 3 is 2.44 bits per heavy atom. The molecule has 184 valence electrons. The summed E-state index contributed by atoms with van der Waals surface area (Å²) in [5.41, 5.74) is 0.783. The summed E-state index contributed by atoms with van der Waals surface area (Å²) in [6.45, 7) is -0.623. The summed E-state index contributed by atoms with van der Waals surface area (Å²) in [4.78, 5) is 30.3. The standard InChI is InChI=1S/C17H18I2N5O9P/c18-7-1-8(19)12(26)6(11(7)25)2-20-15-10-16(22-4-21-15)24(5-23-10)17-14(28)13(27)9(33-17)3-32-34(29,30)31/h1,4-5,9,13-14,17,25-28H,2-3H2,(H,20,21,22)(H2,29,30,31)/t9-,13-,14-,17-/m1/s1. The first-order valence-corrected chi connectivity index (χ1v) is 13.2. The van der Waals surface area contributed by atoms with Crippen LogP contribution in [0.3, 0.4) is 0 Å². The number of benzene rings is 1. The molecule has 1 aliphatic rings. The highest BCUT2D eigenvalue weighted by molar-refractivity contribution is 14.1. The van der Waals surface area contributed by atoms with Gasteiger partial charge in [-0.1, -0.05) is 0 Å². The molecule has 2 aromatic heterocycles. The van der Waals surface area contributed by atoms with Crippen LogP contribution in [0.25, 0.3) is 11.2 Å². The van der Waals surface area contributed by atoms with Gasteiger partial charge in [0.1, 0.15) is 36.1 Å². The molecule has 0 radical (unpaired) electrons. The number of imidazole rings is 1. The van der Waals surface area contributed by atoms with Gasteiger partial charge >= 0.3 is 7.82 Å². The van der Waals surface area contributed by atoms with Crippen LogP contribution in [0.1, 0.15) is 11.8 Å². The molecule has 3 aromatic rings. The van der Waals surface area contributed by atoms with Crippen molar-refractivity contribution in [2.24, 2.45) is 0 Å². The van der Waals surface area contributed by atoms with Crippen molar-refractivity contribution in [2.45, 2.75) is 31.1 Å². The lowest BCUT2D eigenvalue weighted by atomic mass is 10.1. The number of aromatic hydroxyl groups is 2. The van der Waals surface area contributed by atoms with Gasteiger partial charge in [-0.25, -0.2) is 19.5 Å². The van der Waals surface area contributed by atoms with Crippen LogP contribution in [-0.4, -0.2) is 74.7 Å². The molecule has 0 unspecified atom stereocenters. The average molecular weight is 721 g/mol. The van der Waals surface area contributed by atoms with Crippen molar-refractivity contribution in [3.8, 4) is 11.5 Å². The van der Waals surface area contributed by atoms with Gasteiger partial charge in [0.05, 0.1) is 25.6 Å². The van der Waals surface area contributed by atoms with Crippen LogP contribution in [0.4, 0.5) is 5.82 Å². The molecule has 7 N–H and O–H groups in total. The van der Waals surface area contributed by atoms with Crippen LogP contribution in [0.5, 0.6) is 11.5 Å². The summed E-state index contributed by atoms with van der Waals surface area (Å²) >= 11 is 3.91. The normalized spacial score (nSPS) is 23.0. The number of hydrogen-bond donors (Lipinski definition) is 7. The van der Waals surface area contributed by atoms with E-state index in [4.69, 9.17) is 14.5 Å². The number of rotatable bonds is 7. The van der Waals surface area contributed by atoms with Crippen molar-refractivity contribution < 1.29 is 44.0 Å².